The number of hydrogen-bond acceptors (Lipinski definition) is 4. The Kier molecular flexibility index (Phi) is 5.65. The molecule has 0 radical (unpaired) electrons. The van der Waals surface area contributed by atoms with Gasteiger partial charge in [0.05, 0.1) is 15.4 Å². The third-order valence-corrected chi connectivity index (χ3v) is 5.56. The lowest BCUT2D eigenvalue weighted by atomic mass is 10.1. The van der Waals surface area contributed by atoms with Crippen LogP contribution in [0.15, 0.2) is 36.4 Å². The lowest BCUT2D eigenvalue weighted by Gasteiger charge is -2.08. The number of thiophene rings is 1. The number of halogens is 2. The van der Waals surface area contributed by atoms with E-state index in [9.17, 15) is 18.4 Å². The van der Waals surface area contributed by atoms with Crippen molar-refractivity contribution in [2.45, 2.75) is 20.8 Å². The van der Waals surface area contributed by atoms with Crippen molar-refractivity contribution in [1.29, 1.82) is 0 Å². The Morgan fingerprint density at radius 2 is 1.34 bits per heavy atom. The van der Waals surface area contributed by atoms with Crippen LogP contribution >= 0.6 is 11.3 Å². The van der Waals surface area contributed by atoms with Gasteiger partial charge in [0.2, 0.25) is 0 Å². The zero-order valence-electron chi connectivity index (χ0n) is 16.0. The smallest absolute Gasteiger partial charge is 0.266 e. The fourth-order valence-corrected chi connectivity index (χ4v) is 3.83. The van der Waals surface area contributed by atoms with Crippen LogP contribution < -0.4 is 16.4 Å². The van der Waals surface area contributed by atoms with Crippen molar-refractivity contribution in [3.05, 3.63) is 75.2 Å². The van der Waals surface area contributed by atoms with Gasteiger partial charge in [-0.15, -0.1) is 11.3 Å². The van der Waals surface area contributed by atoms with Gasteiger partial charge in [-0.25, -0.2) is 8.78 Å². The Morgan fingerprint density at radius 3 is 1.83 bits per heavy atom. The van der Waals surface area contributed by atoms with Crippen LogP contribution in [-0.4, -0.2) is 11.8 Å². The molecule has 0 aliphatic heterocycles. The maximum atomic E-state index is 13.4. The molecule has 29 heavy (non-hydrogen) atoms. The summed E-state index contributed by atoms with van der Waals surface area (Å²) in [6.07, 6.45) is 0. The molecule has 0 spiro atoms. The number of nitrogens with two attached hydrogens (primary N) is 1. The van der Waals surface area contributed by atoms with Crippen LogP contribution in [0.4, 0.5) is 25.2 Å². The third-order valence-electron chi connectivity index (χ3n) is 4.44. The second-order valence-corrected chi connectivity index (χ2v) is 7.68. The minimum atomic E-state index is -0.487. The van der Waals surface area contributed by atoms with Crippen molar-refractivity contribution in [3.8, 4) is 0 Å². The highest BCUT2D eigenvalue weighted by Gasteiger charge is 2.23. The molecule has 0 bridgehead atoms. The molecule has 0 saturated carbocycles. The second-order valence-electron chi connectivity index (χ2n) is 6.63. The summed E-state index contributed by atoms with van der Waals surface area (Å²) in [6.45, 7) is 4.82. The molecule has 8 heteroatoms. The van der Waals surface area contributed by atoms with Crippen molar-refractivity contribution in [2.75, 3.05) is 16.4 Å². The number of aryl methyl sites for hydroxylation is 2. The van der Waals surface area contributed by atoms with Crippen LogP contribution in [0.3, 0.4) is 0 Å². The summed E-state index contributed by atoms with van der Waals surface area (Å²) in [5.74, 6) is -1.67. The Balaban J connectivity index is 1.83. The predicted octanol–water partition coefficient (Wildman–Crippen LogP) is 5.04. The van der Waals surface area contributed by atoms with Crippen molar-refractivity contribution in [2.24, 2.45) is 0 Å². The molecule has 0 unspecified atom stereocenters. The lowest BCUT2D eigenvalue weighted by Crippen LogP contribution is -2.16. The maximum Gasteiger partial charge on any atom is 0.266 e. The number of nitrogens with one attached hydrogen (secondary N) is 2. The molecule has 1 aromatic heterocycles. The number of amides is 2. The fraction of sp³-hybridized carbons (Fsp3) is 0.143. The van der Waals surface area contributed by atoms with Crippen molar-refractivity contribution < 1.29 is 18.4 Å². The largest absolute Gasteiger partial charge is 0.390 e. The van der Waals surface area contributed by atoms with Crippen molar-refractivity contribution >= 4 is 39.5 Å². The summed E-state index contributed by atoms with van der Waals surface area (Å²) in [5.41, 5.74) is 8.28. The van der Waals surface area contributed by atoms with Gasteiger partial charge in [0.25, 0.3) is 11.8 Å². The molecule has 0 aliphatic carbocycles. The topological polar surface area (TPSA) is 84.2 Å². The van der Waals surface area contributed by atoms with E-state index in [1.54, 1.807) is 20.8 Å². The number of carbonyl (C=O) groups is 2. The van der Waals surface area contributed by atoms with Crippen LogP contribution in [0.1, 0.15) is 36.7 Å². The van der Waals surface area contributed by atoms with E-state index < -0.39 is 11.8 Å². The molecule has 3 aromatic rings. The van der Waals surface area contributed by atoms with Crippen LogP contribution in [0, 0.1) is 32.4 Å². The average Bonchev–Trinajstić information content (AvgIpc) is 2.96. The first-order valence-electron chi connectivity index (χ1n) is 8.71. The van der Waals surface area contributed by atoms with E-state index in [1.165, 1.54) is 36.4 Å². The van der Waals surface area contributed by atoms with Gasteiger partial charge in [0.1, 0.15) is 11.6 Å². The molecule has 3 rings (SSSR count). The fourth-order valence-electron chi connectivity index (χ4n) is 2.86. The highest BCUT2D eigenvalue weighted by atomic mass is 32.1. The zero-order chi connectivity index (χ0) is 21.3. The molecule has 2 aromatic carbocycles. The molecule has 4 N–H and O–H groups in total. The third kappa shape index (κ3) is 4.27. The van der Waals surface area contributed by atoms with Crippen LogP contribution in [0.5, 0.6) is 0 Å². The highest BCUT2D eigenvalue weighted by Crippen LogP contribution is 2.32. The van der Waals surface area contributed by atoms with E-state index >= 15 is 0 Å². The molecule has 1 heterocycles. The van der Waals surface area contributed by atoms with Gasteiger partial charge < -0.3 is 16.4 Å². The number of anilines is 3. The summed E-state index contributed by atoms with van der Waals surface area (Å²) in [5, 5.41) is 5.55. The number of rotatable bonds is 4. The van der Waals surface area contributed by atoms with Gasteiger partial charge >= 0.3 is 0 Å². The Morgan fingerprint density at radius 1 is 0.862 bits per heavy atom. The lowest BCUT2D eigenvalue weighted by molar-refractivity contribution is 0.102. The van der Waals surface area contributed by atoms with Gasteiger partial charge in [-0.2, -0.15) is 0 Å². The summed E-state index contributed by atoms with van der Waals surface area (Å²) < 4.78 is 26.8. The molecule has 0 aliphatic rings. The van der Waals surface area contributed by atoms with E-state index in [0.29, 0.717) is 28.1 Å². The molecular formula is C21H19F2N3O2S. The maximum absolute atomic E-state index is 13.4. The number of nitrogen functional groups attached to an aromatic ring is 1. The summed E-state index contributed by atoms with van der Waals surface area (Å²) in [7, 11) is 0. The minimum Gasteiger partial charge on any atom is -0.390 e. The summed E-state index contributed by atoms with van der Waals surface area (Å²) in [4.78, 5) is 25.6. The Labute approximate surface area is 170 Å². The SMILES string of the molecule is Cc1cc(NC(=O)c2sc(N)c(C(=O)Nc3ccc(F)c(C)c3)c2C)ccc1F. The Bertz CT molecular complexity index is 1130. The first kappa shape index (κ1) is 20.5. The van der Waals surface area contributed by atoms with Crippen LogP contribution in [-0.2, 0) is 0 Å². The van der Waals surface area contributed by atoms with Gasteiger partial charge in [0, 0.05) is 11.4 Å². The predicted molar refractivity (Wildman–Crippen MR) is 112 cm³/mol. The van der Waals surface area contributed by atoms with Gasteiger partial charge in [0.15, 0.2) is 0 Å². The highest BCUT2D eigenvalue weighted by molar-refractivity contribution is 7.18. The van der Waals surface area contributed by atoms with E-state index in [2.05, 4.69) is 10.6 Å². The van der Waals surface area contributed by atoms with Gasteiger partial charge in [-0.1, -0.05) is 0 Å². The number of hydrogen-bond donors (Lipinski definition) is 3. The minimum absolute atomic E-state index is 0.192. The number of carbonyl (C=O) groups excluding carboxylic acids is 2. The first-order valence-corrected chi connectivity index (χ1v) is 9.53. The van der Waals surface area contributed by atoms with E-state index in [0.717, 1.165) is 11.3 Å². The van der Waals surface area contributed by atoms with E-state index in [4.69, 9.17) is 5.73 Å². The van der Waals surface area contributed by atoms with Gasteiger partial charge in [-0.05, 0) is 73.9 Å². The standard InChI is InChI=1S/C21H19F2N3O2S/c1-10-8-13(4-6-15(10)22)25-20(27)17-12(3)18(29-19(17)24)21(28)26-14-5-7-16(23)11(2)9-14/h4-9H,24H2,1-3H3,(H,25,27)(H,26,28). The normalized spacial score (nSPS) is 10.7. The quantitative estimate of drug-likeness (QED) is 0.558. The van der Waals surface area contributed by atoms with Crippen LogP contribution in [0.2, 0.25) is 0 Å². The van der Waals surface area contributed by atoms with Crippen molar-refractivity contribution in [1.82, 2.24) is 0 Å². The van der Waals surface area contributed by atoms with Crippen LogP contribution in [0.25, 0.3) is 0 Å². The van der Waals surface area contributed by atoms with Crippen molar-refractivity contribution in [3.63, 3.8) is 0 Å². The van der Waals surface area contributed by atoms with E-state index in [1.807, 2.05) is 0 Å². The zero-order valence-corrected chi connectivity index (χ0v) is 16.8. The molecule has 0 atom stereocenters. The number of benzene rings is 2. The monoisotopic (exact) mass is 415 g/mol. The first-order chi connectivity index (χ1) is 13.7. The molecule has 0 fully saturated rings. The molecular weight excluding hydrogens is 396 g/mol. The van der Waals surface area contributed by atoms with E-state index in [-0.39, 0.29) is 27.1 Å². The average molecular weight is 415 g/mol. The Hall–Kier alpha value is -3.26. The molecule has 150 valence electrons. The summed E-state index contributed by atoms with van der Waals surface area (Å²) >= 11 is 0.991. The molecule has 2 amide bonds. The summed E-state index contributed by atoms with van der Waals surface area (Å²) in [6, 6.07) is 8.46. The molecule has 0 saturated heterocycles. The second kappa shape index (κ2) is 8.00. The molecule has 5 nitrogen and oxygen atoms in total. The van der Waals surface area contributed by atoms with Gasteiger partial charge in [-0.3, -0.25) is 9.59 Å².